The molecule has 3 aromatic rings. The van der Waals surface area contributed by atoms with Gasteiger partial charge in [0.15, 0.2) is 0 Å². The molecule has 0 N–H and O–H groups in total. The molecule has 0 unspecified atom stereocenters. The van der Waals surface area contributed by atoms with Crippen molar-refractivity contribution in [2.75, 3.05) is 33.3 Å². The van der Waals surface area contributed by atoms with Gasteiger partial charge in [0, 0.05) is 56.3 Å². The van der Waals surface area contributed by atoms with E-state index in [1.165, 1.54) is 6.07 Å². The van der Waals surface area contributed by atoms with E-state index in [0.717, 1.165) is 53.8 Å². The Morgan fingerprint density at radius 1 is 0.967 bits per heavy atom. The molecular formula is C24H27FN2O3. The fourth-order valence-electron chi connectivity index (χ4n) is 4.11. The van der Waals surface area contributed by atoms with Crippen molar-refractivity contribution >= 4 is 11.0 Å². The van der Waals surface area contributed by atoms with Crippen LogP contribution in [0.5, 0.6) is 5.75 Å². The van der Waals surface area contributed by atoms with Crippen LogP contribution in [0.15, 0.2) is 45.6 Å². The summed E-state index contributed by atoms with van der Waals surface area (Å²) in [5.74, 6) is 0.469. The first-order valence-corrected chi connectivity index (χ1v) is 10.2. The zero-order valence-electron chi connectivity index (χ0n) is 17.7. The largest absolute Gasteiger partial charge is 0.496 e. The van der Waals surface area contributed by atoms with Crippen LogP contribution in [0.4, 0.5) is 4.39 Å². The van der Waals surface area contributed by atoms with Crippen LogP contribution in [0.3, 0.4) is 0 Å². The molecule has 0 spiro atoms. The second-order valence-electron chi connectivity index (χ2n) is 7.98. The number of hydrogen-bond acceptors (Lipinski definition) is 5. The van der Waals surface area contributed by atoms with Crippen LogP contribution in [0.25, 0.3) is 11.0 Å². The Balaban J connectivity index is 1.45. The number of fused-ring (bicyclic) bond motifs is 1. The summed E-state index contributed by atoms with van der Waals surface area (Å²) in [6.45, 7) is 8.88. The topological polar surface area (TPSA) is 45.9 Å². The Kier molecular flexibility index (Phi) is 5.88. The van der Waals surface area contributed by atoms with Crippen LogP contribution in [-0.2, 0) is 13.1 Å². The number of nitrogens with zero attached hydrogens (tertiary/aromatic N) is 2. The van der Waals surface area contributed by atoms with Crippen molar-refractivity contribution in [3.05, 3.63) is 74.9 Å². The molecule has 0 amide bonds. The van der Waals surface area contributed by atoms with E-state index in [1.807, 2.05) is 19.9 Å². The Bertz CT molecular complexity index is 1120. The van der Waals surface area contributed by atoms with Gasteiger partial charge in [0.1, 0.15) is 17.1 Å². The van der Waals surface area contributed by atoms with Gasteiger partial charge in [-0.15, -0.1) is 0 Å². The summed E-state index contributed by atoms with van der Waals surface area (Å²) in [4.78, 5) is 16.8. The first-order chi connectivity index (χ1) is 14.4. The summed E-state index contributed by atoms with van der Waals surface area (Å²) in [6.07, 6.45) is 0. The van der Waals surface area contributed by atoms with E-state index in [9.17, 15) is 9.18 Å². The van der Waals surface area contributed by atoms with E-state index in [4.69, 9.17) is 9.15 Å². The lowest BCUT2D eigenvalue weighted by atomic mass is 10.0. The van der Waals surface area contributed by atoms with Gasteiger partial charge in [-0.05, 0) is 48.7 Å². The molecule has 1 aliphatic rings. The molecule has 4 rings (SSSR count). The molecule has 1 aliphatic heterocycles. The highest BCUT2D eigenvalue weighted by molar-refractivity contribution is 5.83. The highest BCUT2D eigenvalue weighted by atomic mass is 19.1. The summed E-state index contributed by atoms with van der Waals surface area (Å²) < 4.78 is 24.5. The Labute approximate surface area is 175 Å². The number of piperazine rings is 1. The Morgan fingerprint density at radius 2 is 1.63 bits per heavy atom. The zero-order chi connectivity index (χ0) is 21.3. The van der Waals surface area contributed by atoms with Crippen LogP contribution in [0.1, 0.15) is 22.3 Å². The monoisotopic (exact) mass is 410 g/mol. The highest BCUT2D eigenvalue weighted by Gasteiger charge is 2.20. The van der Waals surface area contributed by atoms with Gasteiger partial charge in [-0.1, -0.05) is 12.1 Å². The number of hydrogen-bond donors (Lipinski definition) is 0. The van der Waals surface area contributed by atoms with Gasteiger partial charge in [-0.25, -0.2) is 9.18 Å². The molecule has 2 aromatic carbocycles. The number of ether oxygens (including phenoxy) is 1. The average Bonchev–Trinajstić information content (AvgIpc) is 2.73. The predicted molar refractivity (Wildman–Crippen MR) is 115 cm³/mol. The predicted octanol–water partition coefficient (Wildman–Crippen LogP) is 3.88. The fraction of sp³-hybridized carbons (Fsp3) is 0.375. The second kappa shape index (κ2) is 8.58. The van der Waals surface area contributed by atoms with Crippen molar-refractivity contribution in [3.8, 4) is 5.75 Å². The van der Waals surface area contributed by atoms with E-state index < -0.39 is 0 Å². The number of benzene rings is 2. The van der Waals surface area contributed by atoms with Crippen LogP contribution in [-0.4, -0.2) is 43.1 Å². The molecule has 158 valence electrons. The average molecular weight is 410 g/mol. The molecular weight excluding hydrogens is 383 g/mol. The van der Waals surface area contributed by atoms with Crippen molar-refractivity contribution in [2.45, 2.75) is 26.9 Å². The summed E-state index contributed by atoms with van der Waals surface area (Å²) >= 11 is 0. The quantitative estimate of drug-likeness (QED) is 0.598. The Morgan fingerprint density at radius 3 is 2.30 bits per heavy atom. The lowest BCUT2D eigenvalue weighted by molar-refractivity contribution is 0.121. The van der Waals surface area contributed by atoms with E-state index in [1.54, 1.807) is 25.3 Å². The molecule has 1 saturated heterocycles. The van der Waals surface area contributed by atoms with Crippen molar-refractivity contribution in [1.29, 1.82) is 0 Å². The van der Waals surface area contributed by atoms with E-state index in [0.29, 0.717) is 24.4 Å². The number of halogens is 1. The molecule has 1 fully saturated rings. The van der Waals surface area contributed by atoms with Crippen LogP contribution < -0.4 is 10.4 Å². The first-order valence-electron chi connectivity index (χ1n) is 10.2. The van der Waals surface area contributed by atoms with Gasteiger partial charge in [-0.3, -0.25) is 9.80 Å². The molecule has 6 heteroatoms. The number of rotatable bonds is 5. The molecule has 0 saturated carbocycles. The van der Waals surface area contributed by atoms with Crippen LogP contribution in [0.2, 0.25) is 0 Å². The lowest BCUT2D eigenvalue weighted by Crippen LogP contribution is -2.45. The van der Waals surface area contributed by atoms with Gasteiger partial charge >= 0.3 is 5.63 Å². The summed E-state index contributed by atoms with van der Waals surface area (Å²) in [6, 6.07) is 10.4. The smallest absolute Gasteiger partial charge is 0.336 e. The van der Waals surface area contributed by atoms with E-state index in [2.05, 4.69) is 15.9 Å². The molecule has 0 bridgehead atoms. The Hall–Kier alpha value is -2.70. The third kappa shape index (κ3) is 4.25. The summed E-state index contributed by atoms with van der Waals surface area (Å²) in [7, 11) is 1.61. The van der Waals surface area contributed by atoms with Gasteiger partial charge < -0.3 is 9.15 Å². The fourth-order valence-corrected chi connectivity index (χ4v) is 4.11. The van der Waals surface area contributed by atoms with E-state index in [-0.39, 0.29) is 11.4 Å². The molecule has 0 atom stereocenters. The number of methoxy groups -OCH3 is 1. The maximum Gasteiger partial charge on any atom is 0.336 e. The summed E-state index contributed by atoms with van der Waals surface area (Å²) in [5, 5.41) is 1.00. The third-order valence-corrected chi connectivity index (χ3v) is 6.01. The summed E-state index contributed by atoms with van der Waals surface area (Å²) in [5.41, 5.74) is 4.38. The standard InChI is InChI=1S/C24H27FN2O3/c1-16-4-6-21-18(13-23(28)30-24(21)17(16)2)14-26-8-10-27(11-9-26)15-19-12-20(25)5-7-22(19)29-3/h4-7,12-13H,8-11,14-15H2,1-3H3. The molecule has 30 heavy (non-hydrogen) atoms. The van der Waals surface area contributed by atoms with E-state index >= 15 is 0 Å². The van der Waals surface area contributed by atoms with Crippen LogP contribution in [0, 0.1) is 19.7 Å². The molecule has 2 heterocycles. The van der Waals surface area contributed by atoms with Gasteiger partial charge in [-0.2, -0.15) is 0 Å². The lowest BCUT2D eigenvalue weighted by Gasteiger charge is -2.35. The zero-order valence-corrected chi connectivity index (χ0v) is 17.7. The third-order valence-electron chi connectivity index (χ3n) is 6.01. The maximum atomic E-state index is 13.6. The minimum atomic E-state index is -0.303. The minimum Gasteiger partial charge on any atom is -0.496 e. The van der Waals surface area contributed by atoms with Crippen molar-refractivity contribution in [1.82, 2.24) is 9.80 Å². The van der Waals surface area contributed by atoms with Crippen molar-refractivity contribution < 1.29 is 13.5 Å². The van der Waals surface area contributed by atoms with Gasteiger partial charge in [0.25, 0.3) is 0 Å². The van der Waals surface area contributed by atoms with Crippen molar-refractivity contribution in [3.63, 3.8) is 0 Å². The minimum absolute atomic E-state index is 0.246. The normalized spacial score (nSPS) is 15.6. The number of aryl methyl sites for hydroxylation is 2. The first kappa shape index (κ1) is 20.6. The van der Waals surface area contributed by atoms with Crippen molar-refractivity contribution in [2.24, 2.45) is 0 Å². The van der Waals surface area contributed by atoms with Crippen LogP contribution >= 0.6 is 0 Å². The SMILES string of the molecule is COc1ccc(F)cc1CN1CCN(Cc2cc(=O)oc3c(C)c(C)ccc23)CC1. The molecule has 5 nitrogen and oxygen atoms in total. The van der Waals surface area contributed by atoms with Gasteiger partial charge in [0.2, 0.25) is 0 Å². The molecule has 0 aliphatic carbocycles. The molecule has 0 radical (unpaired) electrons. The maximum absolute atomic E-state index is 13.6. The molecule has 1 aromatic heterocycles. The highest BCUT2D eigenvalue weighted by Crippen LogP contribution is 2.25. The van der Waals surface area contributed by atoms with Gasteiger partial charge in [0.05, 0.1) is 7.11 Å². The second-order valence-corrected chi connectivity index (χ2v) is 7.98.